The molecule has 0 radical (unpaired) electrons. The molecule has 0 atom stereocenters. The summed E-state index contributed by atoms with van der Waals surface area (Å²) in [5.74, 6) is 1.22. The van der Waals surface area contributed by atoms with E-state index >= 15 is 0 Å². The molecule has 1 saturated heterocycles. The average Bonchev–Trinajstić information content (AvgIpc) is 3.30. The second-order valence-corrected chi connectivity index (χ2v) is 7.23. The number of anilines is 1. The van der Waals surface area contributed by atoms with E-state index in [9.17, 15) is 0 Å². The Morgan fingerprint density at radius 2 is 2.00 bits per heavy atom. The number of rotatable bonds is 4. The van der Waals surface area contributed by atoms with Crippen LogP contribution >= 0.6 is 0 Å². The molecule has 0 unspecified atom stereocenters. The number of aryl methyl sites for hydroxylation is 1. The molecular weight excluding hydrogens is 352 g/mol. The minimum Gasteiger partial charge on any atom is -0.432 e. The van der Waals surface area contributed by atoms with E-state index in [4.69, 9.17) is 14.4 Å². The van der Waals surface area contributed by atoms with E-state index in [2.05, 4.69) is 34.7 Å². The molecular formula is C21H23N6O+. The molecule has 1 aromatic carbocycles. The molecule has 3 N–H and O–H groups in total. The number of hydrogen-bond acceptors (Lipinski definition) is 5. The molecule has 5 rings (SSSR count). The molecule has 1 aliphatic rings. The third-order valence-electron chi connectivity index (χ3n) is 5.33. The van der Waals surface area contributed by atoms with Crippen LogP contribution in [0.4, 0.5) is 5.95 Å². The van der Waals surface area contributed by atoms with Gasteiger partial charge in [0.15, 0.2) is 0 Å². The molecule has 1 aliphatic heterocycles. The van der Waals surface area contributed by atoms with E-state index < -0.39 is 0 Å². The first-order valence-electron chi connectivity index (χ1n) is 9.73. The monoisotopic (exact) mass is 375 g/mol. The van der Waals surface area contributed by atoms with Gasteiger partial charge < -0.3 is 15.1 Å². The van der Waals surface area contributed by atoms with Crippen molar-refractivity contribution in [3.63, 3.8) is 0 Å². The van der Waals surface area contributed by atoms with Gasteiger partial charge in [0.2, 0.25) is 5.95 Å². The summed E-state index contributed by atoms with van der Waals surface area (Å²) in [6.45, 7) is 4.38. The van der Waals surface area contributed by atoms with E-state index in [-0.39, 0.29) is 0 Å². The maximum Gasteiger partial charge on any atom is 0.306 e. The number of aromatic nitrogens is 4. The Morgan fingerprint density at radius 3 is 2.86 bits per heavy atom. The Balaban J connectivity index is 1.59. The number of nitrogens with two attached hydrogens (primary N) is 1. The molecule has 3 aromatic heterocycles. The van der Waals surface area contributed by atoms with Gasteiger partial charge in [-0.25, -0.2) is 9.97 Å². The van der Waals surface area contributed by atoms with Crippen LogP contribution in [0, 0.1) is 6.92 Å². The van der Waals surface area contributed by atoms with Crippen LogP contribution in [0.15, 0.2) is 53.4 Å². The minimum absolute atomic E-state index is 0.426. The highest BCUT2D eigenvalue weighted by atomic mass is 16.3. The Kier molecular flexibility index (Phi) is 4.29. The molecule has 0 bridgehead atoms. The lowest BCUT2D eigenvalue weighted by Gasteiger charge is -2.21. The van der Waals surface area contributed by atoms with Crippen molar-refractivity contribution in [1.82, 2.24) is 19.4 Å². The van der Waals surface area contributed by atoms with Crippen LogP contribution in [0.3, 0.4) is 0 Å². The highest BCUT2D eigenvalue weighted by Gasteiger charge is 2.21. The number of piperidine rings is 1. The van der Waals surface area contributed by atoms with Gasteiger partial charge in [-0.2, -0.15) is 4.98 Å². The van der Waals surface area contributed by atoms with Crippen LogP contribution in [0.1, 0.15) is 18.4 Å². The van der Waals surface area contributed by atoms with E-state index in [0.29, 0.717) is 17.8 Å². The quantitative estimate of drug-likeness (QED) is 0.572. The van der Waals surface area contributed by atoms with Crippen molar-refractivity contribution >= 4 is 11.8 Å². The van der Waals surface area contributed by atoms with Gasteiger partial charge in [-0.05, 0) is 18.6 Å². The average molecular weight is 375 g/mol. The van der Waals surface area contributed by atoms with Crippen LogP contribution in [0.5, 0.6) is 0 Å². The fourth-order valence-electron chi connectivity index (χ4n) is 3.87. The molecule has 7 nitrogen and oxygen atoms in total. The third-order valence-corrected chi connectivity index (χ3v) is 5.33. The maximum atomic E-state index is 5.56. The first-order chi connectivity index (χ1) is 13.8. The molecule has 4 heterocycles. The van der Waals surface area contributed by atoms with E-state index in [1.807, 2.05) is 28.8 Å². The van der Waals surface area contributed by atoms with E-state index in [1.54, 1.807) is 12.5 Å². The van der Waals surface area contributed by atoms with Gasteiger partial charge in [-0.15, -0.1) is 0 Å². The molecule has 0 spiro atoms. The van der Waals surface area contributed by atoms with Crippen LogP contribution in [0.25, 0.3) is 28.5 Å². The Morgan fingerprint density at radius 1 is 1.14 bits per heavy atom. The smallest absolute Gasteiger partial charge is 0.306 e. The lowest BCUT2D eigenvalue weighted by molar-refractivity contribution is -0.662. The first-order valence-corrected chi connectivity index (χ1v) is 9.73. The topological polar surface area (TPSA) is 84.9 Å². The summed E-state index contributed by atoms with van der Waals surface area (Å²) in [6.07, 6.45) is 7.58. The minimum atomic E-state index is 0.426. The van der Waals surface area contributed by atoms with Gasteiger partial charge >= 0.3 is 5.84 Å². The van der Waals surface area contributed by atoms with Crippen LogP contribution in [-0.4, -0.2) is 38.5 Å². The van der Waals surface area contributed by atoms with E-state index in [0.717, 1.165) is 54.1 Å². The summed E-state index contributed by atoms with van der Waals surface area (Å²) in [4.78, 5) is 14.0. The highest BCUT2D eigenvalue weighted by molar-refractivity contribution is 5.81. The normalized spacial score (nSPS) is 15.2. The van der Waals surface area contributed by atoms with Gasteiger partial charge in [0.1, 0.15) is 17.7 Å². The zero-order chi connectivity index (χ0) is 18.9. The van der Waals surface area contributed by atoms with Gasteiger partial charge in [0, 0.05) is 36.8 Å². The molecule has 1 fully saturated rings. The second-order valence-electron chi connectivity index (χ2n) is 7.23. The largest absolute Gasteiger partial charge is 0.432 e. The Labute approximate surface area is 162 Å². The second kappa shape index (κ2) is 7.09. The van der Waals surface area contributed by atoms with Gasteiger partial charge in [-0.3, -0.25) is 4.40 Å². The molecule has 4 aromatic rings. The third kappa shape index (κ3) is 3.03. The van der Waals surface area contributed by atoms with Gasteiger partial charge in [0.05, 0.1) is 18.8 Å². The molecule has 0 saturated carbocycles. The summed E-state index contributed by atoms with van der Waals surface area (Å²) in [5.41, 5.74) is 4.85. The zero-order valence-corrected chi connectivity index (χ0v) is 15.8. The van der Waals surface area contributed by atoms with Crippen molar-refractivity contribution in [3.8, 4) is 22.6 Å². The number of hydrogen-bond donors (Lipinski definition) is 2. The maximum absolute atomic E-state index is 5.56. The standard InChI is InChI=1S/C21H22N6O/c1-14-4-2-3-5-16(14)18-19(27-12-13-28-21(27)26-18)17-8-11-23-20(25-17)24-15-6-9-22-10-7-15/h2-5,8,11-13,15,22H,6-7,9-10H2,1H3,(H,23,24,25)/p+1. The van der Waals surface area contributed by atoms with Crippen molar-refractivity contribution in [3.05, 3.63) is 54.6 Å². The summed E-state index contributed by atoms with van der Waals surface area (Å²) < 4.78 is 7.51. The number of benzene rings is 1. The highest BCUT2D eigenvalue weighted by Crippen LogP contribution is 2.34. The van der Waals surface area contributed by atoms with Crippen LogP contribution in [-0.2, 0) is 0 Å². The van der Waals surface area contributed by atoms with Crippen molar-refractivity contribution in [2.75, 3.05) is 18.4 Å². The number of quaternary nitrogens is 1. The summed E-state index contributed by atoms with van der Waals surface area (Å²) in [6, 6.07) is 10.6. The number of nitrogens with one attached hydrogen (secondary N) is 1. The molecule has 0 amide bonds. The predicted octanol–water partition coefficient (Wildman–Crippen LogP) is 2.50. The van der Waals surface area contributed by atoms with Crippen molar-refractivity contribution in [2.24, 2.45) is 0 Å². The number of nitrogens with zero attached hydrogens (tertiary/aromatic N) is 4. The van der Waals surface area contributed by atoms with Crippen LogP contribution in [0.2, 0.25) is 0 Å². The Bertz CT molecular complexity index is 1110. The molecule has 142 valence electrons. The molecule has 28 heavy (non-hydrogen) atoms. The molecule has 7 heteroatoms. The van der Waals surface area contributed by atoms with Crippen molar-refractivity contribution in [1.29, 1.82) is 0 Å². The van der Waals surface area contributed by atoms with Crippen LogP contribution < -0.4 is 10.6 Å². The fourth-order valence-corrected chi connectivity index (χ4v) is 3.87. The van der Waals surface area contributed by atoms with E-state index in [1.165, 1.54) is 0 Å². The molecule has 0 aliphatic carbocycles. The van der Waals surface area contributed by atoms with Gasteiger partial charge in [-0.1, -0.05) is 24.3 Å². The fraction of sp³-hybridized carbons (Fsp3) is 0.286. The summed E-state index contributed by atoms with van der Waals surface area (Å²) in [5, 5.41) is 5.85. The lowest BCUT2D eigenvalue weighted by atomic mass is 10.0. The Hall–Kier alpha value is -3.19. The SMILES string of the molecule is Cc1ccccc1-c1nc2occn2c1-c1ccnc(NC2CC[NH2+]CC2)n1. The zero-order valence-electron chi connectivity index (χ0n) is 15.8. The first kappa shape index (κ1) is 16.9. The summed E-state index contributed by atoms with van der Waals surface area (Å²) >= 11 is 0. The number of imidazole rings is 1. The van der Waals surface area contributed by atoms with Crippen molar-refractivity contribution < 1.29 is 9.73 Å². The summed E-state index contributed by atoms with van der Waals surface area (Å²) in [7, 11) is 0. The van der Waals surface area contributed by atoms with Gasteiger partial charge in [0.25, 0.3) is 0 Å². The lowest BCUT2D eigenvalue weighted by Crippen LogP contribution is -2.87. The number of oxazole rings is 1. The predicted molar refractivity (Wildman–Crippen MR) is 107 cm³/mol. The van der Waals surface area contributed by atoms with Crippen molar-refractivity contribution in [2.45, 2.75) is 25.8 Å². The number of fused-ring (bicyclic) bond motifs is 1.